The first-order valence-corrected chi connectivity index (χ1v) is 16.2. The van der Waals surface area contributed by atoms with E-state index in [1.54, 1.807) is 6.07 Å². The highest BCUT2D eigenvalue weighted by atomic mass is 35.5. The van der Waals surface area contributed by atoms with E-state index >= 15 is 4.39 Å². The van der Waals surface area contributed by atoms with Crippen LogP contribution in [0.15, 0.2) is 6.07 Å². The van der Waals surface area contributed by atoms with Crippen LogP contribution in [-0.2, 0) is 27.5 Å². The molecule has 0 saturated heterocycles. The number of Topliss-reactive ketones (excluding diaryl/α,β-unsaturated/α-hetero) is 1. The SMILES string of the molecule is COc1c(F)c2c(c(Cl)c1OCCCOc1c(OC)c(Cl)c3sc(C(=O)C[C@H](C)C(=O)O)cc3c1Cl)CN(C(=O)C[C@H](C)C(=O)O)C2. The zero-order valence-electron chi connectivity index (χ0n) is 25.7. The average molecular weight is 735 g/mol. The third kappa shape index (κ3) is 7.48. The summed E-state index contributed by atoms with van der Waals surface area (Å²) < 4.78 is 38.4. The van der Waals surface area contributed by atoms with Crippen molar-refractivity contribution >= 4 is 79.9 Å². The molecule has 0 spiro atoms. The van der Waals surface area contributed by atoms with Gasteiger partial charge in [-0.1, -0.05) is 48.7 Å². The number of benzene rings is 2. The van der Waals surface area contributed by atoms with Gasteiger partial charge in [0, 0.05) is 48.9 Å². The van der Waals surface area contributed by atoms with Crippen LogP contribution in [0.5, 0.6) is 23.0 Å². The summed E-state index contributed by atoms with van der Waals surface area (Å²) in [5, 5.41) is 19.1. The smallest absolute Gasteiger partial charge is 0.306 e. The summed E-state index contributed by atoms with van der Waals surface area (Å²) in [6, 6.07) is 1.54. The zero-order valence-corrected chi connectivity index (χ0v) is 28.8. The highest BCUT2D eigenvalue weighted by Crippen LogP contribution is 2.50. The molecule has 0 aliphatic carbocycles. The number of fused-ring (bicyclic) bond motifs is 2. The van der Waals surface area contributed by atoms with Crippen molar-refractivity contribution in [2.24, 2.45) is 11.8 Å². The van der Waals surface area contributed by atoms with Crippen LogP contribution in [0.25, 0.3) is 10.1 Å². The molecule has 0 radical (unpaired) electrons. The Morgan fingerprint density at radius 1 is 0.851 bits per heavy atom. The molecule has 1 aliphatic heterocycles. The van der Waals surface area contributed by atoms with Crippen LogP contribution in [0, 0.1) is 17.7 Å². The molecule has 4 rings (SSSR count). The number of carbonyl (C=O) groups excluding carboxylic acids is 2. The molecule has 0 bridgehead atoms. The molecule has 16 heteroatoms. The second-order valence-corrected chi connectivity index (χ2v) is 13.1. The van der Waals surface area contributed by atoms with Crippen molar-refractivity contribution < 1.29 is 52.7 Å². The number of hydrogen-bond acceptors (Lipinski definition) is 9. The predicted molar refractivity (Wildman–Crippen MR) is 173 cm³/mol. The highest BCUT2D eigenvalue weighted by molar-refractivity contribution is 7.21. The lowest BCUT2D eigenvalue weighted by Crippen LogP contribution is -2.28. The number of aliphatic carboxylic acids is 2. The zero-order chi connectivity index (χ0) is 34.7. The fourth-order valence-electron chi connectivity index (χ4n) is 4.94. The quantitative estimate of drug-likeness (QED) is 0.122. The van der Waals surface area contributed by atoms with Crippen LogP contribution in [0.4, 0.5) is 4.39 Å². The molecule has 0 unspecified atom stereocenters. The average Bonchev–Trinajstić information content (AvgIpc) is 3.68. The van der Waals surface area contributed by atoms with Crippen LogP contribution < -0.4 is 18.9 Å². The number of methoxy groups -OCH3 is 2. The second kappa shape index (κ2) is 15.1. The number of nitrogens with zero attached hydrogens (tertiary/aromatic N) is 1. The van der Waals surface area contributed by atoms with Gasteiger partial charge < -0.3 is 34.1 Å². The third-order valence-electron chi connectivity index (χ3n) is 7.60. The molecule has 47 heavy (non-hydrogen) atoms. The number of ether oxygens (including phenoxy) is 4. The first-order chi connectivity index (χ1) is 22.2. The Morgan fingerprint density at radius 2 is 1.40 bits per heavy atom. The summed E-state index contributed by atoms with van der Waals surface area (Å²) in [7, 11) is 2.64. The van der Waals surface area contributed by atoms with Gasteiger partial charge in [0.15, 0.2) is 34.6 Å². The Hall–Kier alpha value is -3.52. The molecule has 2 heterocycles. The summed E-state index contributed by atoms with van der Waals surface area (Å²) in [6.45, 7) is 2.80. The van der Waals surface area contributed by atoms with Crippen LogP contribution in [0.3, 0.4) is 0 Å². The number of carboxylic acid groups (broad SMARTS) is 2. The monoisotopic (exact) mass is 733 g/mol. The van der Waals surface area contributed by atoms with E-state index in [9.17, 15) is 19.2 Å². The minimum absolute atomic E-state index is 0.00184. The molecule has 2 atom stereocenters. The summed E-state index contributed by atoms with van der Waals surface area (Å²) in [5.74, 6) is -5.51. The fourth-order valence-corrected chi connectivity index (χ4v) is 7.02. The summed E-state index contributed by atoms with van der Waals surface area (Å²) in [6.07, 6.45) is -0.178. The summed E-state index contributed by atoms with van der Waals surface area (Å²) in [5.41, 5.74) is 0.514. The Balaban J connectivity index is 1.46. The highest BCUT2D eigenvalue weighted by Gasteiger charge is 2.34. The lowest BCUT2D eigenvalue weighted by atomic mass is 10.0. The Kier molecular flexibility index (Phi) is 11.7. The van der Waals surface area contributed by atoms with E-state index in [0.29, 0.717) is 20.5 Å². The number of halogens is 4. The molecular formula is C31H31Cl3FNO10S. The fraction of sp³-hybridized carbons (Fsp3) is 0.419. The number of rotatable bonds is 15. The predicted octanol–water partition coefficient (Wildman–Crippen LogP) is 7.11. The van der Waals surface area contributed by atoms with Crippen molar-refractivity contribution in [2.45, 2.75) is 46.2 Å². The van der Waals surface area contributed by atoms with Crippen molar-refractivity contribution in [1.29, 1.82) is 0 Å². The molecule has 254 valence electrons. The third-order valence-corrected chi connectivity index (χ3v) is 10.0. The Morgan fingerprint density at radius 3 is 1.98 bits per heavy atom. The number of hydrogen-bond donors (Lipinski definition) is 2. The largest absolute Gasteiger partial charge is 0.491 e. The molecule has 3 aromatic rings. The molecule has 2 N–H and O–H groups in total. The number of ketones is 1. The van der Waals surface area contributed by atoms with Crippen LogP contribution in [0.2, 0.25) is 15.1 Å². The first kappa shape index (κ1) is 36.3. The minimum atomic E-state index is -1.11. The summed E-state index contributed by atoms with van der Waals surface area (Å²) >= 11 is 20.9. The van der Waals surface area contributed by atoms with E-state index < -0.39 is 35.5 Å². The Labute approximate surface area is 288 Å². The number of carboxylic acids is 2. The molecule has 0 fully saturated rings. The molecule has 1 aromatic heterocycles. The standard InChI is InChI=1S/C31H31Cl3FNO10S/c1-13(30(39)40)8-18(37)19-10-15-21(32)26(25(43-3)23(34)29(15)47-19)45-6-5-7-46-27-22(33)16-11-36(20(38)9-14(2)31(41)42)12-17(16)24(35)28(27)44-4/h10,13-14H,5-9,11-12H2,1-4H3,(H,39,40)(H,41,42)/t13-,14-/m0/s1. The van der Waals surface area contributed by atoms with E-state index in [0.717, 1.165) is 11.3 Å². The lowest BCUT2D eigenvalue weighted by molar-refractivity contribution is -0.145. The number of amides is 1. The van der Waals surface area contributed by atoms with E-state index in [4.69, 9.17) is 64.0 Å². The van der Waals surface area contributed by atoms with Gasteiger partial charge in [0.2, 0.25) is 5.91 Å². The number of thiophene rings is 1. The Bertz CT molecular complexity index is 1750. The summed E-state index contributed by atoms with van der Waals surface area (Å²) in [4.78, 5) is 49.4. The van der Waals surface area contributed by atoms with Gasteiger partial charge in [0.1, 0.15) is 5.02 Å². The van der Waals surface area contributed by atoms with Crippen LogP contribution in [-0.4, -0.2) is 66.2 Å². The van der Waals surface area contributed by atoms with E-state index in [1.807, 2.05) is 0 Å². The van der Waals surface area contributed by atoms with E-state index in [1.165, 1.54) is 33.0 Å². The molecule has 11 nitrogen and oxygen atoms in total. The maximum atomic E-state index is 15.5. The van der Waals surface area contributed by atoms with E-state index in [-0.39, 0.29) is 95.0 Å². The van der Waals surface area contributed by atoms with Gasteiger partial charge in [0.25, 0.3) is 0 Å². The van der Waals surface area contributed by atoms with E-state index in [2.05, 4.69) is 0 Å². The molecular weight excluding hydrogens is 704 g/mol. The van der Waals surface area contributed by atoms with Crippen molar-refractivity contribution in [2.75, 3.05) is 27.4 Å². The van der Waals surface area contributed by atoms with Gasteiger partial charge in [0.05, 0.1) is 58.9 Å². The van der Waals surface area contributed by atoms with Gasteiger partial charge in [-0.3, -0.25) is 19.2 Å². The maximum Gasteiger partial charge on any atom is 0.306 e. The molecule has 0 saturated carbocycles. The van der Waals surface area contributed by atoms with Crippen LogP contribution in [0.1, 0.15) is 53.9 Å². The van der Waals surface area contributed by atoms with Crippen molar-refractivity contribution in [3.63, 3.8) is 0 Å². The van der Waals surface area contributed by atoms with Gasteiger partial charge >= 0.3 is 11.9 Å². The molecule has 1 aliphatic rings. The second-order valence-electron chi connectivity index (χ2n) is 10.9. The maximum absolute atomic E-state index is 15.5. The van der Waals surface area contributed by atoms with Crippen molar-refractivity contribution in [3.8, 4) is 23.0 Å². The topological polar surface area (TPSA) is 149 Å². The van der Waals surface area contributed by atoms with Gasteiger partial charge in [-0.2, -0.15) is 0 Å². The normalized spacial score (nSPS) is 13.7. The van der Waals surface area contributed by atoms with Gasteiger partial charge in [-0.15, -0.1) is 11.3 Å². The number of carbonyl (C=O) groups is 4. The van der Waals surface area contributed by atoms with Crippen LogP contribution >= 0.6 is 46.1 Å². The molecule has 1 amide bonds. The van der Waals surface area contributed by atoms with Crippen molar-refractivity contribution in [1.82, 2.24) is 4.90 Å². The lowest BCUT2D eigenvalue weighted by Gasteiger charge is -2.17. The van der Waals surface area contributed by atoms with Gasteiger partial charge in [-0.25, -0.2) is 4.39 Å². The first-order valence-electron chi connectivity index (χ1n) is 14.3. The molecule has 2 aromatic carbocycles. The minimum Gasteiger partial charge on any atom is -0.491 e. The van der Waals surface area contributed by atoms with Crippen molar-refractivity contribution in [3.05, 3.63) is 43.0 Å². The van der Waals surface area contributed by atoms with Gasteiger partial charge in [-0.05, 0) is 6.07 Å².